The molecule has 28 heavy (non-hydrogen) atoms. The third-order valence-corrected chi connectivity index (χ3v) is 4.58. The molecule has 0 saturated carbocycles. The van der Waals surface area contributed by atoms with Crippen molar-refractivity contribution in [1.29, 1.82) is 0 Å². The molecule has 0 bridgehead atoms. The van der Waals surface area contributed by atoms with E-state index < -0.39 is 6.09 Å². The first-order valence-corrected chi connectivity index (χ1v) is 8.93. The molecule has 2 amide bonds. The molecule has 0 fully saturated rings. The molecule has 7 heteroatoms. The Balaban J connectivity index is 1.85. The van der Waals surface area contributed by atoms with Crippen LogP contribution in [0, 0.1) is 0 Å². The van der Waals surface area contributed by atoms with Crippen molar-refractivity contribution in [3.8, 4) is 0 Å². The lowest BCUT2D eigenvalue weighted by Gasteiger charge is -2.17. The number of nitrogens with zero attached hydrogens (tertiary/aromatic N) is 3. The van der Waals surface area contributed by atoms with Crippen LogP contribution in [0.4, 0.5) is 21.9 Å². The maximum absolute atomic E-state index is 12.9. The molecule has 0 atom stereocenters. The molecule has 0 aromatic heterocycles. The second-order valence-electron chi connectivity index (χ2n) is 6.38. The van der Waals surface area contributed by atoms with E-state index in [1.165, 1.54) is 12.1 Å². The van der Waals surface area contributed by atoms with Crippen LogP contribution in [0.25, 0.3) is 0 Å². The van der Waals surface area contributed by atoms with Gasteiger partial charge >= 0.3 is 6.09 Å². The fourth-order valence-corrected chi connectivity index (χ4v) is 2.92. The van der Waals surface area contributed by atoms with E-state index in [1.54, 1.807) is 37.4 Å². The molecule has 0 saturated heterocycles. The van der Waals surface area contributed by atoms with Crippen molar-refractivity contribution in [3.05, 3.63) is 65.9 Å². The molecule has 2 aromatic carbocycles. The summed E-state index contributed by atoms with van der Waals surface area (Å²) >= 11 is 0. The predicted molar refractivity (Wildman–Crippen MR) is 111 cm³/mol. The lowest BCUT2D eigenvalue weighted by atomic mass is 10.1. The summed E-state index contributed by atoms with van der Waals surface area (Å²) in [6, 6.07) is 14.6. The maximum atomic E-state index is 12.9. The van der Waals surface area contributed by atoms with Crippen molar-refractivity contribution in [2.75, 3.05) is 22.3 Å². The minimum atomic E-state index is -1.08. The lowest BCUT2D eigenvalue weighted by molar-refractivity contribution is -0.114. The molecular weight excluding hydrogens is 356 g/mol. The number of amides is 2. The topological polar surface area (TPSA) is 85.2 Å². The summed E-state index contributed by atoms with van der Waals surface area (Å²) in [6.45, 7) is 3.84. The molecule has 7 nitrogen and oxygen atoms in total. The predicted octanol–water partition coefficient (Wildman–Crippen LogP) is 4.08. The van der Waals surface area contributed by atoms with Crippen molar-refractivity contribution >= 4 is 34.8 Å². The number of anilines is 3. The Labute approximate surface area is 163 Å². The molecule has 2 aromatic rings. The number of hydrazone groups is 1. The van der Waals surface area contributed by atoms with E-state index >= 15 is 0 Å². The first kappa shape index (κ1) is 19.2. The van der Waals surface area contributed by atoms with Gasteiger partial charge < -0.3 is 10.4 Å². The van der Waals surface area contributed by atoms with Gasteiger partial charge in [-0.15, -0.1) is 0 Å². The number of para-hydroxylation sites is 1. The van der Waals surface area contributed by atoms with Crippen LogP contribution in [0.2, 0.25) is 0 Å². The molecule has 0 spiro atoms. The summed E-state index contributed by atoms with van der Waals surface area (Å²) in [7, 11) is 1.45. The third-order valence-electron chi connectivity index (χ3n) is 4.58. The third kappa shape index (κ3) is 3.73. The second kappa shape index (κ2) is 7.96. The summed E-state index contributed by atoms with van der Waals surface area (Å²) in [5.41, 5.74) is 4.11. The summed E-state index contributed by atoms with van der Waals surface area (Å²) in [5, 5.41) is 18.0. The first-order chi connectivity index (χ1) is 13.4. The van der Waals surface area contributed by atoms with Crippen LogP contribution in [0.1, 0.15) is 19.4 Å². The van der Waals surface area contributed by atoms with E-state index in [4.69, 9.17) is 5.11 Å². The Kier molecular flexibility index (Phi) is 5.44. The maximum Gasteiger partial charge on any atom is 0.411 e. The SMILES string of the molecule is CCc1ccccc1NC=C1C(=O)N(c2cccc(N(C)C(=O)O)c2)N=C1C. The minimum absolute atomic E-state index is 0.269. The highest BCUT2D eigenvalue weighted by Gasteiger charge is 2.29. The van der Waals surface area contributed by atoms with Crippen molar-refractivity contribution in [2.45, 2.75) is 20.3 Å². The van der Waals surface area contributed by atoms with Crippen LogP contribution >= 0.6 is 0 Å². The number of hydrogen-bond donors (Lipinski definition) is 2. The van der Waals surface area contributed by atoms with Gasteiger partial charge in [-0.25, -0.2) is 4.79 Å². The standard InChI is InChI=1S/C21H22N4O3/c1-4-15-8-5-6-11-19(15)22-13-18-14(2)23-25(20(18)26)17-10-7-9-16(12-17)24(3)21(27)28/h5-13,22H,4H2,1-3H3,(H,27,28). The van der Waals surface area contributed by atoms with E-state index in [-0.39, 0.29) is 5.91 Å². The summed E-state index contributed by atoms with van der Waals surface area (Å²) < 4.78 is 0. The zero-order valence-electron chi connectivity index (χ0n) is 16.0. The Morgan fingerprint density at radius 2 is 2.00 bits per heavy atom. The average Bonchev–Trinajstić information content (AvgIpc) is 2.99. The molecule has 3 rings (SSSR count). The van der Waals surface area contributed by atoms with E-state index in [1.807, 2.05) is 24.3 Å². The van der Waals surface area contributed by atoms with E-state index in [0.717, 1.165) is 22.6 Å². The number of carbonyl (C=O) groups excluding carboxylic acids is 1. The number of carboxylic acid groups (broad SMARTS) is 1. The van der Waals surface area contributed by atoms with Crippen LogP contribution < -0.4 is 15.2 Å². The van der Waals surface area contributed by atoms with Gasteiger partial charge in [-0.3, -0.25) is 9.69 Å². The van der Waals surface area contributed by atoms with E-state index in [0.29, 0.717) is 22.7 Å². The van der Waals surface area contributed by atoms with Crippen LogP contribution in [0.3, 0.4) is 0 Å². The van der Waals surface area contributed by atoms with Gasteiger partial charge in [-0.2, -0.15) is 10.1 Å². The zero-order valence-corrected chi connectivity index (χ0v) is 16.0. The molecule has 144 valence electrons. The van der Waals surface area contributed by atoms with E-state index in [2.05, 4.69) is 17.3 Å². The largest absolute Gasteiger partial charge is 0.465 e. The zero-order chi connectivity index (χ0) is 20.3. The molecule has 0 unspecified atom stereocenters. The molecule has 2 N–H and O–H groups in total. The van der Waals surface area contributed by atoms with Crippen molar-refractivity contribution in [3.63, 3.8) is 0 Å². The first-order valence-electron chi connectivity index (χ1n) is 8.93. The number of carbonyl (C=O) groups is 2. The molecule has 1 heterocycles. The fraction of sp³-hybridized carbons (Fsp3) is 0.190. The smallest absolute Gasteiger partial charge is 0.411 e. The molecule has 1 aliphatic rings. The van der Waals surface area contributed by atoms with Gasteiger partial charge in [0.2, 0.25) is 0 Å². The van der Waals surface area contributed by atoms with Gasteiger partial charge in [0.1, 0.15) is 0 Å². The van der Waals surface area contributed by atoms with Gasteiger partial charge in [0, 0.05) is 24.6 Å². The van der Waals surface area contributed by atoms with Crippen LogP contribution in [0.15, 0.2) is 65.4 Å². The summed E-state index contributed by atoms with van der Waals surface area (Å²) in [6.07, 6.45) is 1.47. The number of rotatable bonds is 5. The average molecular weight is 378 g/mol. The van der Waals surface area contributed by atoms with Gasteiger partial charge in [0.15, 0.2) is 0 Å². The Hall–Kier alpha value is -3.61. The fourth-order valence-electron chi connectivity index (χ4n) is 2.92. The highest BCUT2D eigenvalue weighted by Crippen LogP contribution is 2.27. The van der Waals surface area contributed by atoms with Crippen molar-refractivity contribution in [2.24, 2.45) is 5.10 Å². The number of benzene rings is 2. The van der Waals surface area contributed by atoms with Gasteiger partial charge in [0.05, 0.1) is 17.0 Å². The van der Waals surface area contributed by atoms with Gasteiger partial charge in [-0.05, 0) is 43.2 Å². The highest BCUT2D eigenvalue weighted by molar-refractivity contribution is 6.29. The Morgan fingerprint density at radius 3 is 2.71 bits per heavy atom. The Bertz CT molecular complexity index is 981. The molecule has 0 aliphatic carbocycles. The van der Waals surface area contributed by atoms with Crippen LogP contribution in [0.5, 0.6) is 0 Å². The van der Waals surface area contributed by atoms with Crippen LogP contribution in [-0.4, -0.2) is 29.9 Å². The number of hydrogen-bond acceptors (Lipinski definition) is 4. The Morgan fingerprint density at radius 1 is 1.25 bits per heavy atom. The van der Waals surface area contributed by atoms with Crippen molar-refractivity contribution < 1.29 is 14.7 Å². The monoisotopic (exact) mass is 378 g/mol. The molecule has 1 aliphatic heterocycles. The van der Waals surface area contributed by atoms with E-state index in [9.17, 15) is 9.59 Å². The van der Waals surface area contributed by atoms with Crippen LogP contribution in [-0.2, 0) is 11.2 Å². The van der Waals surface area contributed by atoms with Gasteiger partial charge in [0.25, 0.3) is 5.91 Å². The lowest BCUT2D eigenvalue weighted by Crippen LogP contribution is -2.25. The number of aryl methyl sites for hydroxylation is 1. The summed E-state index contributed by atoms with van der Waals surface area (Å²) in [4.78, 5) is 25.1. The quantitative estimate of drug-likeness (QED) is 0.768. The molecule has 0 radical (unpaired) electrons. The van der Waals surface area contributed by atoms with Crippen molar-refractivity contribution in [1.82, 2.24) is 0 Å². The second-order valence-corrected chi connectivity index (χ2v) is 6.38. The molecular formula is C21H22N4O3. The normalized spacial score (nSPS) is 15.0. The minimum Gasteiger partial charge on any atom is -0.465 e. The number of nitrogens with one attached hydrogen (secondary N) is 1. The highest BCUT2D eigenvalue weighted by atomic mass is 16.4. The summed E-state index contributed by atoms with van der Waals surface area (Å²) in [5.74, 6) is -0.269. The van der Waals surface area contributed by atoms with Gasteiger partial charge in [-0.1, -0.05) is 31.2 Å².